The van der Waals surface area contributed by atoms with E-state index in [4.69, 9.17) is 4.74 Å². The van der Waals surface area contributed by atoms with Crippen LogP contribution in [-0.4, -0.2) is 37.7 Å². The monoisotopic (exact) mass is 129 g/mol. The zero-order valence-corrected chi connectivity index (χ0v) is 6.26. The molecule has 0 amide bonds. The van der Waals surface area contributed by atoms with Gasteiger partial charge in [0.25, 0.3) is 0 Å². The number of likely N-dealkylation sites (tertiary alicyclic amines) is 1. The van der Waals surface area contributed by atoms with Gasteiger partial charge >= 0.3 is 0 Å². The van der Waals surface area contributed by atoms with Gasteiger partial charge in [-0.25, -0.2) is 0 Å². The first kappa shape index (κ1) is 7.03. The van der Waals surface area contributed by atoms with Crippen molar-refractivity contribution < 1.29 is 4.74 Å². The number of methoxy groups -OCH3 is 1. The van der Waals surface area contributed by atoms with Crippen LogP contribution in [0.25, 0.3) is 0 Å². The fourth-order valence-corrected chi connectivity index (χ4v) is 1.28. The zero-order valence-electron chi connectivity index (χ0n) is 6.26. The fourth-order valence-electron chi connectivity index (χ4n) is 1.28. The number of nitrogens with zero attached hydrogens (tertiary/aromatic N) is 1. The van der Waals surface area contributed by atoms with Crippen LogP contribution < -0.4 is 0 Å². The molecule has 1 aliphatic heterocycles. The summed E-state index contributed by atoms with van der Waals surface area (Å²) in [6.07, 6.45) is 1.72. The highest BCUT2D eigenvalue weighted by molar-refractivity contribution is 4.73. The van der Waals surface area contributed by atoms with Crippen molar-refractivity contribution in [1.82, 2.24) is 4.90 Å². The molecule has 1 saturated heterocycles. The average molecular weight is 129 g/mol. The Morgan fingerprint density at radius 1 is 1.67 bits per heavy atom. The summed E-state index contributed by atoms with van der Waals surface area (Å²) in [6.45, 7) is 5.71. The summed E-state index contributed by atoms with van der Waals surface area (Å²) in [6, 6.07) is 0. The second-order valence-corrected chi connectivity index (χ2v) is 2.54. The molecule has 1 heterocycles. The van der Waals surface area contributed by atoms with E-state index in [1.165, 1.54) is 19.5 Å². The molecule has 0 spiro atoms. The number of hydrogen-bond acceptors (Lipinski definition) is 2. The summed E-state index contributed by atoms with van der Waals surface area (Å²) >= 11 is 0. The number of likely N-dealkylation sites (N-methyl/N-ethyl adjacent to an activating group) is 1. The van der Waals surface area contributed by atoms with Gasteiger partial charge in [0.1, 0.15) is 0 Å². The lowest BCUT2D eigenvalue weighted by molar-refractivity contribution is 0.109. The highest BCUT2D eigenvalue weighted by Crippen LogP contribution is 2.10. The quantitative estimate of drug-likeness (QED) is 0.545. The van der Waals surface area contributed by atoms with E-state index < -0.39 is 0 Å². The average Bonchev–Trinajstić information content (AvgIpc) is 2.34. The minimum atomic E-state index is 0.505. The Hall–Kier alpha value is -0.0800. The second kappa shape index (κ2) is 3.18. The molecule has 0 radical (unpaired) electrons. The summed E-state index contributed by atoms with van der Waals surface area (Å²) in [5, 5.41) is 0. The molecule has 0 aromatic heterocycles. The van der Waals surface area contributed by atoms with E-state index in [0.29, 0.717) is 6.10 Å². The van der Waals surface area contributed by atoms with Crippen molar-refractivity contribution in [3.8, 4) is 0 Å². The molecule has 54 valence electrons. The summed E-state index contributed by atoms with van der Waals surface area (Å²) in [5.74, 6) is 0. The third-order valence-electron chi connectivity index (χ3n) is 2.01. The van der Waals surface area contributed by atoms with Crippen molar-refractivity contribution in [3.05, 3.63) is 0 Å². The number of rotatable bonds is 2. The molecule has 1 atom stereocenters. The van der Waals surface area contributed by atoms with Crippen molar-refractivity contribution in [1.29, 1.82) is 0 Å². The summed E-state index contributed by atoms with van der Waals surface area (Å²) in [4.78, 5) is 2.41. The van der Waals surface area contributed by atoms with Gasteiger partial charge in [-0.3, -0.25) is 0 Å². The first-order chi connectivity index (χ1) is 4.36. The van der Waals surface area contributed by atoms with Gasteiger partial charge in [-0.05, 0) is 13.0 Å². The molecule has 2 heteroatoms. The van der Waals surface area contributed by atoms with Crippen LogP contribution in [0.15, 0.2) is 0 Å². The highest BCUT2D eigenvalue weighted by Gasteiger charge is 2.19. The van der Waals surface area contributed by atoms with Crippen molar-refractivity contribution in [2.45, 2.75) is 19.4 Å². The lowest BCUT2D eigenvalue weighted by atomic mass is 10.3. The first-order valence-corrected chi connectivity index (χ1v) is 3.62. The molecule has 0 aromatic carbocycles. The Kier molecular flexibility index (Phi) is 2.49. The van der Waals surface area contributed by atoms with Crippen LogP contribution >= 0.6 is 0 Å². The minimum Gasteiger partial charge on any atom is -0.380 e. The van der Waals surface area contributed by atoms with E-state index in [0.717, 1.165) is 6.54 Å². The van der Waals surface area contributed by atoms with Crippen LogP contribution in [0.4, 0.5) is 0 Å². The third kappa shape index (κ3) is 1.66. The molecule has 9 heavy (non-hydrogen) atoms. The SMILES string of the molecule is CCN1CC[C@H](OC)C1. The summed E-state index contributed by atoms with van der Waals surface area (Å²) in [7, 11) is 1.80. The molecule has 0 N–H and O–H groups in total. The van der Waals surface area contributed by atoms with E-state index in [9.17, 15) is 0 Å². The lowest BCUT2D eigenvalue weighted by Gasteiger charge is -2.11. The van der Waals surface area contributed by atoms with Gasteiger partial charge in [0.15, 0.2) is 0 Å². The van der Waals surface area contributed by atoms with Gasteiger partial charge in [0.2, 0.25) is 0 Å². The molecule has 0 saturated carbocycles. The molecular formula is C7H15NO. The predicted octanol–water partition coefficient (Wildman–Crippen LogP) is 0.727. The Balaban J connectivity index is 2.20. The van der Waals surface area contributed by atoms with Gasteiger partial charge in [-0.1, -0.05) is 6.92 Å². The van der Waals surface area contributed by atoms with Crippen LogP contribution in [0.1, 0.15) is 13.3 Å². The normalized spacial score (nSPS) is 29.3. The largest absolute Gasteiger partial charge is 0.380 e. The van der Waals surface area contributed by atoms with Crippen LogP contribution in [0, 0.1) is 0 Å². The standard InChI is InChI=1S/C7H15NO/c1-3-8-5-4-7(6-8)9-2/h7H,3-6H2,1-2H3/t7-/m0/s1. The van der Waals surface area contributed by atoms with E-state index in [1.54, 1.807) is 7.11 Å². The molecule has 1 fully saturated rings. The van der Waals surface area contributed by atoms with Crippen molar-refractivity contribution in [2.24, 2.45) is 0 Å². The molecule has 1 aliphatic rings. The molecular weight excluding hydrogens is 114 g/mol. The number of hydrogen-bond donors (Lipinski definition) is 0. The van der Waals surface area contributed by atoms with Gasteiger partial charge in [0.05, 0.1) is 6.10 Å². The molecule has 2 nitrogen and oxygen atoms in total. The lowest BCUT2D eigenvalue weighted by Crippen LogP contribution is -2.22. The van der Waals surface area contributed by atoms with Crippen molar-refractivity contribution >= 4 is 0 Å². The second-order valence-electron chi connectivity index (χ2n) is 2.54. The van der Waals surface area contributed by atoms with Crippen LogP contribution in [0.3, 0.4) is 0 Å². The van der Waals surface area contributed by atoms with E-state index in [2.05, 4.69) is 11.8 Å². The fraction of sp³-hybridized carbons (Fsp3) is 1.00. The van der Waals surface area contributed by atoms with E-state index >= 15 is 0 Å². The first-order valence-electron chi connectivity index (χ1n) is 3.62. The van der Waals surface area contributed by atoms with Gasteiger partial charge < -0.3 is 9.64 Å². The zero-order chi connectivity index (χ0) is 6.69. The summed E-state index contributed by atoms with van der Waals surface area (Å²) in [5.41, 5.74) is 0. The van der Waals surface area contributed by atoms with Crippen LogP contribution in [0.2, 0.25) is 0 Å². The highest BCUT2D eigenvalue weighted by atomic mass is 16.5. The number of ether oxygens (including phenoxy) is 1. The van der Waals surface area contributed by atoms with Gasteiger partial charge in [0, 0.05) is 20.2 Å². The van der Waals surface area contributed by atoms with Crippen LogP contribution in [0.5, 0.6) is 0 Å². The van der Waals surface area contributed by atoms with Gasteiger partial charge in [-0.15, -0.1) is 0 Å². The third-order valence-corrected chi connectivity index (χ3v) is 2.01. The Bertz CT molecular complexity index is 75.0. The minimum absolute atomic E-state index is 0.505. The summed E-state index contributed by atoms with van der Waals surface area (Å²) < 4.78 is 5.20. The predicted molar refractivity (Wildman–Crippen MR) is 37.5 cm³/mol. The molecule has 0 bridgehead atoms. The maximum Gasteiger partial charge on any atom is 0.0710 e. The smallest absolute Gasteiger partial charge is 0.0710 e. The molecule has 0 aromatic rings. The topological polar surface area (TPSA) is 12.5 Å². The molecule has 0 unspecified atom stereocenters. The van der Waals surface area contributed by atoms with Crippen molar-refractivity contribution in [2.75, 3.05) is 26.7 Å². The van der Waals surface area contributed by atoms with Crippen LogP contribution in [-0.2, 0) is 4.74 Å². The molecule has 0 aliphatic carbocycles. The Morgan fingerprint density at radius 3 is 2.78 bits per heavy atom. The van der Waals surface area contributed by atoms with E-state index in [-0.39, 0.29) is 0 Å². The Labute approximate surface area is 56.8 Å². The maximum absolute atomic E-state index is 5.20. The van der Waals surface area contributed by atoms with Crippen molar-refractivity contribution in [3.63, 3.8) is 0 Å². The van der Waals surface area contributed by atoms with Gasteiger partial charge in [-0.2, -0.15) is 0 Å². The Morgan fingerprint density at radius 2 is 2.44 bits per heavy atom. The maximum atomic E-state index is 5.20. The van der Waals surface area contributed by atoms with E-state index in [1.807, 2.05) is 0 Å². The molecule has 1 rings (SSSR count).